The van der Waals surface area contributed by atoms with E-state index in [-0.39, 0.29) is 92.2 Å². The standard InChI is InChI=1S/2Al.3ClH.Li.H2.7H/h;;3*1H;;1H;;;;;;;. The minimum absolute atomic E-state index is 0. The maximum atomic E-state index is 0. The zero-order valence-corrected chi connectivity index (χ0v) is 3.67. The Kier molecular flexibility index (Phi) is 631. The first-order valence-corrected chi connectivity index (χ1v) is 0. The van der Waals surface area contributed by atoms with Gasteiger partial charge in [0.2, 0.25) is 0 Å². The Morgan fingerprint density at radius 2 is 0.667 bits per heavy atom. The van der Waals surface area contributed by atoms with E-state index in [1.807, 2.05) is 0 Å². The molecule has 0 rings (SSSR count). The van der Waals surface area contributed by atoms with Crippen LogP contribution in [0, 0.1) is 0 Å². The Bertz CT molecular complexity index is 12.9. The number of rotatable bonds is 0. The third kappa shape index (κ3) is 31.2. The summed E-state index contributed by atoms with van der Waals surface area (Å²) in [4.78, 5) is 0. The normalized spacial score (nSPS) is 0. The Morgan fingerprint density at radius 3 is 0.667 bits per heavy atom. The summed E-state index contributed by atoms with van der Waals surface area (Å²) in [5, 5.41) is 0. The molecule has 40 valence electrons. The zero-order valence-electron chi connectivity index (χ0n) is 1.22. The van der Waals surface area contributed by atoms with Gasteiger partial charge < -0.3 is 0 Å². The first-order chi connectivity index (χ1) is 0. The molecule has 0 saturated carbocycles. The molecule has 0 aromatic rings. The van der Waals surface area contributed by atoms with Gasteiger partial charge in [0.25, 0.3) is 0 Å². The van der Waals surface area contributed by atoms with Crippen molar-refractivity contribution in [1.82, 2.24) is 0 Å². The SMILES string of the molecule is Cl.Cl.Cl.[AlH3].[AlH3].[HH].[LiH]. The molecule has 0 aliphatic rings. The van der Waals surface area contributed by atoms with E-state index < -0.39 is 0 Å². The van der Waals surface area contributed by atoms with Gasteiger partial charge in [-0.15, -0.1) is 37.2 Å². The molecule has 0 aliphatic carbocycles. The van der Waals surface area contributed by atoms with E-state index in [1.165, 1.54) is 0 Å². The average Bonchev–Trinajstić information content (AvgIpc) is 0. The van der Waals surface area contributed by atoms with Crippen molar-refractivity contribution in [2.24, 2.45) is 0 Å². The average molecular weight is 179 g/mol. The van der Waals surface area contributed by atoms with Gasteiger partial charge in [-0.3, -0.25) is 0 Å². The summed E-state index contributed by atoms with van der Waals surface area (Å²) in [5.41, 5.74) is 0. The van der Waals surface area contributed by atoms with E-state index >= 15 is 0 Å². The van der Waals surface area contributed by atoms with Gasteiger partial charge in [-0.1, -0.05) is 0 Å². The summed E-state index contributed by atoms with van der Waals surface area (Å²) < 4.78 is 0. The van der Waals surface area contributed by atoms with Gasteiger partial charge >= 0.3 is 18.9 Å². The molecular weight excluding hydrogens is 167 g/mol. The van der Waals surface area contributed by atoms with Crippen LogP contribution in [0.3, 0.4) is 0 Å². The molecule has 0 radical (unpaired) electrons. The number of halogens is 3. The molecule has 0 N–H and O–H groups in total. The van der Waals surface area contributed by atoms with Crippen LogP contribution in [0.4, 0.5) is 0 Å². The van der Waals surface area contributed by atoms with Crippen LogP contribution in [0.5, 0.6) is 0 Å². The minimum atomic E-state index is 0. The molecule has 0 aromatic carbocycles. The van der Waals surface area contributed by atoms with Crippen LogP contribution in [0.15, 0.2) is 0 Å². The fourth-order valence-electron chi connectivity index (χ4n) is 0. The zero-order chi connectivity index (χ0) is 0. The topological polar surface area (TPSA) is 0 Å². The summed E-state index contributed by atoms with van der Waals surface area (Å²) in [5.74, 6) is 0. The van der Waals surface area contributed by atoms with E-state index in [0.717, 1.165) is 0 Å². The van der Waals surface area contributed by atoms with Crippen molar-refractivity contribution < 1.29 is 1.43 Å². The predicted octanol–water partition coefficient (Wildman–Crippen LogP) is -1.50. The molecule has 0 atom stereocenters. The van der Waals surface area contributed by atoms with Crippen LogP contribution in [0.25, 0.3) is 0 Å². The summed E-state index contributed by atoms with van der Waals surface area (Å²) >= 11 is 0. The molecule has 0 nitrogen and oxygen atoms in total. The summed E-state index contributed by atoms with van der Waals surface area (Å²) in [6, 6.07) is 0. The van der Waals surface area contributed by atoms with Crippen molar-refractivity contribution in [1.29, 1.82) is 0 Å². The van der Waals surface area contributed by atoms with Crippen molar-refractivity contribution >= 4 is 90.8 Å². The van der Waals surface area contributed by atoms with Crippen LogP contribution in [0.1, 0.15) is 1.43 Å². The molecule has 0 saturated heterocycles. The molecule has 6 heavy (non-hydrogen) atoms. The molecule has 0 fully saturated rings. The van der Waals surface area contributed by atoms with Crippen LogP contribution < -0.4 is 0 Å². The second-order valence-electron chi connectivity index (χ2n) is 0. The van der Waals surface area contributed by atoms with Crippen molar-refractivity contribution in [2.45, 2.75) is 0 Å². The van der Waals surface area contributed by atoms with Crippen LogP contribution in [0.2, 0.25) is 0 Å². The van der Waals surface area contributed by atoms with Gasteiger partial charge in [-0.25, -0.2) is 0 Å². The van der Waals surface area contributed by atoms with Crippen molar-refractivity contribution in [3.05, 3.63) is 0 Å². The third-order valence-corrected chi connectivity index (χ3v) is 0. The Morgan fingerprint density at radius 1 is 0.667 bits per heavy atom. The summed E-state index contributed by atoms with van der Waals surface area (Å²) in [6.07, 6.45) is 0. The monoisotopic (exact) mass is 178 g/mol. The maximum absolute atomic E-state index is 0. The van der Waals surface area contributed by atoms with Gasteiger partial charge in [-0.2, -0.15) is 0 Å². The fraction of sp³-hybridized carbons (Fsp3) is 0. The molecule has 0 unspecified atom stereocenters. The Hall–Kier alpha value is 2.53. The van der Waals surface area contributed by atoms with Gasteiger partial charge in [0.15, 0.2) is 34.7 Å². The number of hydrogen-bond donors (Lipinski definition) is 0. The third-order valence-electron chi connectivity index (χ3n) is 0. The van der Waals surface area contributed by atoms with E-state index in [2.05, 4.69) is 0 Å². The molecule has 0 aliphatic heterocycles. The second kappa shape index (κ2) is 50.1. The van der Waals surface area contributed by atoms with Crippen LogP contribution in [-0.4, -0.2) is 53.6 Å². The molecule has 0 spiro atoms. The number of hydrogen-bond acceptors (Lipinski definition) is 0. The van der Waals surface area contributed by atoms with Crippen molar-refractivity contribution in [2.75, 3.05) is 0 Å². The van der Waals surface area contributed by atoms with Gasteiger partial charge in [-0.05, 0) is 0 Å². The van der Waals surface area contributed by atoms with Gasteiger partial charge in [0.05, 0.1) is 0 Å². The van der Waals surface area contributed by atoms with Crippen LogP contribution in [-0.2, 0) is 0 Å². The fourth-order valence-corrected chi connectivity index (χ4v) is 0. The van der Waals surface area contributed by atoms with Gasteiger partial charge in [0.1, 0.15) is 0 Å². The predicted molar refractivity (Wildman–Crippen MR) is 50.9 cm³/mol. The summed E-state index contributed by atoms with van der Waals surface area (Å²) in [7, 11) is 0. The van der Waals surface area contributed by atoms with E-state index in [9.17, 15) is 0 Å². The second-order valence-corrected chi connectivity index (χ2v) is 0. The Labute approximate surface area is 91.4 Å². The first-order valence-electron chi connectivity index (χ1n) is 0. The van der Waals surface area contributed by atoms with E-state index in [0.29, 0.717) is 0 Å². The molecule has 0 bridgehead atoms. The molecule has 6 heteroatoms. The van der Waals surface area contributed by atoms with E-state index in [4.69, 9.17) is 0 Å². The molecule has 0 amide bonds. The quantitative estimate of drug-likeness (QED) is 0.397. The van der Waals surface area contributed by atoms with Crippen LogP contribution >= 0.6 is 37.2 Å². The first kappa shape index (κ1) is 75.5. The molecule has 0 heterocycles. The Balaban J connectivity index is 0. The summed E-state index contributed by atoms with van der Waals surface area (Å²) in [6.45, 7) is 0. The van der Waals surface area contributed by atoms with Crippen molar-refractivity contribution in [3.63, 3.8) is 0 Å². The van der Waals surface area contributed by atoms with Gasteiger partial charge in [0, 0.05) is 1.43 Å². The molecule has 0 aromatic heterocycles. The van der Waals surface area contributed by atoms with E-state index in [1.54, 1.807) is 0 Å². The van der Waals surface area contributed by atoms with Crippen molar-refractivity contribution in [3.8, 4) is 0 Å². The molecular formula is H12Al2Cl3Li.